The second kappa shape index (κ2) is 10.0. The molecular formula is C22H26N2O5. The Bertz CT molecular complexity index is 829. The van der Waals surface area contributed by atoms with Crippen LogP contribution in [0.25, 0.3) is 0 Å². The van der Waals surface area contributed by atoms with Crippen molar-refractivity contribution in [3.63, 3.8) is 0 Å². The van der Waals surface area contributed by atoms with Crippen molar-refractivity contribution in [2.75, 3.05) is 52.0 Å². The van der Waals surface area contributed by atoms with Gasteiger partial charge in [0, 0.05) is 32.9 Å². The standard InChI is InChI=1S/C22H26N2O5/c1-27-13-11-23(12-14-28-2)22(26)18-9-7-17(8-10-18)15-24-19-5-3-4-6-20(19)29-16-21(24)25/h3-10H,11-16H2,1-2H3. The average Bonchev–Trinajstić information content (AvgIpc) is 2.76. The van der Waals surface area contributed by atoms with Gasteiger partial charge in [-0.1, -0.05) is 24.3 Å². The van der Waals surface area contributed by atoms with Gasteiger partial charge in [0.15, 0.2) is 6.61 Å². The second-order valence-corrected chi connectivity index (χ2v) is 6.71. The van der Waals surface area contributed by atoms with Crippen LogP contribution < -0.4 is 9.64 Å². The van der Waals surface area contributed by atoms with Crippen molar-refractivity contribution in [2.45, 2.75) is 6.54 Å². The summed E-state index contributed by atoms with van der Waals surface area (Å²) < 4.78 is 15.7. The number of rotatable bonds is 9. The van der Waals surface area contributed by atoms with Crippen LogP contribution >= 0.6 is 0 Å². The Morgan fingerprint density at radius 1 is 1.03 bits per heavy atom. The summed E-state index contributed by atoms with van der Waals surface area (Å²) >= 11 is 0. The van der Waals surface area contributed by atoms with Gasteiger partial charge >= 0.3 is 0 Å². The highest BCUT2D eigenvalue weighted by Gasteiger charge is 2.25. The van der Waals surface area contributed by atoms with Gasteiger partial charge in [-0.05, 0) is 29.8 Å². The Morgan fingerprint density at radius 3 is 2.34 bits per heavy atom. The highest BCUT2D eigenvalue weighted by atomic mass is 16.5. The van der Waals surface area contributed by atoms with E-state index in [0.717, 1.165) is 11.3 Å². The number of amides is 2. The molecule has 1 aliphatic rings. The molecule has 1 heterocycles. The lowest BCUT2D eigenvalue weighted by atomic mass is 10.1. The van der Waals surface area contributed by atoms with Crippen LogP contribution in [0.15, 0.2) is 48.5 Å². The van der Waals surface area contributed by atoms with Crippen molar-refractivity contribution in [1.29, 1.82) is 0 Å². The fraction of sp³-hybridized carbons (Fsp3) is 0.364. The van der Waals surface area contributed by atoms with Gasteiger partial charge in [-0.2, -0.15) is 0 Å². The smallest absolute Gasteiger partial charge is 0.265 e. The SMILES string of the molecule is COCCN(CCOC)C(=O)c1ccc(CN2C(=O)COc3ccccc32)cc1. The average molecular weight is 398 g/mol. The van der Waals surface area contributed by atoms with Crippen molar-refractivity contribution >= 4 is 17.5 Å². The number of methoxy groups -OCH3 is 2. The van der Waals surface area contributed by atoms with E-state index in [1.54, 1.807) is 36.2 Å². The molecule has 2 aromatic carbocycles. The fourth-order valence-electron chi connectivity index (χ4n) is 3.16. The lowest BCUT2D eigenvalue weighted by molar-refractivity contribution is -0.121. The first kappa shape index (κ1) is 20.8. The molecule has 0 unspecified atom stereocenters. The van der Waals surface area contributed by atoms with Crippen LogP contribution in [-0.4, -0.2) is 63.8 Å². The summed E-state index contributed by atoms with van der Waals surface area (Å²) in [6.45, 7) is 2.38. The predicted molar refractivity (Wildman–Crippen MR) is 109 cm³/mol. The Kier molecular flexibility index (Phi) is 7.21. The van der Waals surface area contributed by atoms with Crippen molar-refractivity contribution in [3.05, 3.63) is 59.7 Å². The molecule has 0 aliphatic carbocycles. The summed E-state index contributed by atoms with van der Waals surface area (Å²) in [6, 6.07) is 14.8. The van der Waals surface area contributed by atoms with E-state index in [1.807, 2.05) is 36.4 Å². The molecule has 7 heteroatoms. The van der Waals surface area contributed by atoms with Crippen molar-refractivity contribution in [1.82, 2.24) is 4.90 Å². The van der Waals surface area contributed by atoms with Crippen LogP contribution in [0.1, 0.15) is 15.9 Å². The molecule has 3 rings (SSSR count). The molecule has 1 aliphatic heterocycles. The van der Waals surface area contributed by atoms with Gasteiger partial charge in [-0.25, -0.2) is 0 Å². The van der Waals surface area contributed by atoms with E-state index in [1.165, 1.54) is 0 Å². The van der Waals surface area contributed by atoms with Gasteiger partial charge < -0.3 is 24.0 Å². The maximum atomic E-state index is 12.8. The van der Waals surface area contributed by atoms with E-state index < -0.39 is 0 Å². The predicted octanol–water partition coefficient (Wildman–Crippen LogP) is 2.35. The molecule has 29 heavy (non-hydrogen) atoms. The molecular weight excluding hydrogens is 372 g/mol. The van der Waals surface area contributed by atoms with Gasteiger partial charge in [-0.3, -0.25) is 9.59 Å². The monoisotopic (exact) mass is 398 g/mol. The number of hydrogen-bond donors (Lipinski definition) is 0. The number of para-hydroxylation sites is 2. The summed E-state index contributed by atoms with van der Waals surface area (Å²) in [5, 5.41) is 0. The zero-order valence-electron chi connectivity index (χ0n) is 16.8. The van der Waals surface area contributed by atoms with Gasteiger partial charge in [0.05, 0.1) is 25.4 Å². The van der Waals surface area contributed by atoms with Crippen LogP contribution in [0.5, 0.6) is 5.75 Å². The zero-order valence-corrected chi connectivity index (χ0v) is 16.8. The number of fused-ring (bicyclic) bond motifs is 1. The molecule has 0 aromatic heterocycles. The number of carbonyl (C=O) groups excluding carboxylic acids is 2. The first-order valence-electron chi connectivity index (χ1n) is 9.52. The lowest BCUT2D eigenvalue weighted by Gasteiger charge is -2.29. The molecule has 2 aromatic rings. The summed E-state index contributed by atoms with van der Waals surface area (Å²) in [4.78, 5) is 28.6. The molecule has 0 spiro atoms. The lowest BCUT2D eigenvalue weighted by Crippen LogP contribution is -2.38. The van der Waals surface area contributed by atoms with Gasteiger partial charge in [0.25, 0.3) is 11.8 Å². The minimum atomic E-state index is -0.0887. The highest BCUT2D eigenvalue weighted by Crippen LogP contribution is 2.32. The van der Waals surface area contributed by atoms with Crippen molar-refractivity contribution < 1.29 is 23.8 Å². The normalized spacial score (nSPS) is 13.0. The number of ether oxygens (including phenoxy) is 3. The topological polar surface area (TPSA) is 68.3 Å². The van der Waals surface area contributed by atoms with Crippen LogP contribution in [0, 0.1) is 0 Å². The van der Waals surface area contributed by atoms with Crippen LogP contribution in [0.2, 0.25) is 0 Å². The number of hydrogen-bond acceptors (Lipinski definition) is 5. The van der Waals surface area contributed by atoms with E-state index in [2.05, 4.69) is 0 Å². The Balaban J connectivity index is 1.71. The second-order valence-electron chi connectivity index (χ2n) is 6.71. The van der Waals surface area contributed by atoms with Gasteiger partial charge in [0.2, 0.25) is 0 Å². The molecule has 0 saturated heterocycles. The first-order valence-corrected chi connectivity index (χ1v) is 9.52. The van der Waals surface area contributed by atoms with Crippen molar-refractivity contribution in [2.24, 2.45) is 0 Å². The van der Waals surface area contributed by atoms with Crippen LogP contribution in [0.3, 0.4) is 0 Å². The molecule has 0 fully saturated rings. The molecule has 154 valence electrons. The van der Waals surface area contributed by atoms with E-state index in [0.29, 0.717) is 44.2 Å². The molecule has 0 bridgehead atoms. The Morgan fingerprint density at radius 2 is 1.69 bits per heavy atom. The van der Waals surface area contributed by atoms with E-state index in [-0.39, 0.29) is 18.4 Å². The highest BCUT2D eigenvalue weighted by molar-refractivity contribution is 5.98. The molecule has 0 saturated carbocycles. The summed E-state index contributed by atoms with van der Waals surface area (Å²) in [7, 11) is 3.22. The van der Waals surface area contributed by atoms with E-state index >= 15 is 0 Å². The first-order chi connectivity index (χ1) is 14.1. The Labute approximate surface area is 170 Å². The van der Waals surface area contributed by atoms with Crippen LogP contribution in [0.4, 0.5) is 5.69 Å². The van der Waals surface area contributed by atoms with Crippen LogP contribution in [-0.2, 0) is 20.8 Å². The van der Waals surface area contributed by atoms with Crippen molar-refractivity contribution in [3.8, 4) is 5.75 Å². The molecule has 0 atom stereocenters. The minimum Gasteiger partial charge on any atom is -0.482 e. The van der Waals surface area contributed by atoms with Gasteiger partial charge in [-0.15, -0.1) is 0 Å². The molecule has 0 N–H and O–H groups in total. The molecule has 7 nitrogen and oxygen atoms in total. The maximum Gasteiger partial charge on any atom is 0.265 e. The zero-order chi connectivity index (χ0) is 20.6. The molecule has 2 amide bonds. The number of nitrogens with zero attached hydrogens (tertiary/aromatic N) is 2. The maximum absolute atomic E-state index is 12.8. The number of carbonyl (C=O) groups is 2. The van der Waals surface area contributed by atoms with E-state index in [9.17, 15) is 9.59 Å². The Hall–Kier alpha value is -2.90. The summed E-state index contributed by atoms with van der Waals surface area (Å²) in [5.74, 6) is 0.540. The largest absolute Gasteiger partial charge is 0.482 e. The third-order valence-electron chi connectivity index (χ3n) is 4.77. The van der Waals surface area contributed by atoms with E-state index in [4.69, 9.17) is 14.2 Å². The fourth-order valence-corrected chi connectivity index (χ4v) is 3.16. The van der Waals surface area contributed by atoms with Gasteiger partial charge in [0.1, 0.15) is 5.75 Å². The third kappa shape index (κ3) is 5.13. The number of anilines is 1. The minimum absolute atomic E-state index is 0.0293. The quantitative estimate of drug-likeness (QED) is 0.649. The third-order valence-corrected chi connectivity index (χ3v) is 4.77. The number of benzene rings is 2. The summed E-state index contributed by atoms with van der Waals surface area (Å²) in [5.41, 5.74) is 2.29. The molecule has 0 radical (unpaired) electrons. The summed E-state index contributed by atoms with van der Waals surface area (Å²) in [6.07, 6.45) is 0.